The lowest BCUT2D eigenvalue weighted by Crippen LogP contribution is -2.40. The van der Waals surface area contributed by atoms with E-state index in [0.717, 1.165) is 16.8 Å². The average molecular weight is 252 g/mol. The third-order valence-electron chi connectivity index (χ3n) is 3.58. The first-order chi connectivity index (χ1) is 9.25. The summed E-state index contributed by atoms with van der Waals surface area (Å²) in [5.74, 6) is 0. The van der Waals surface area contributed by atoms with Gasteiger partial charge >= 0.3 is 6.03 Å². The van der Waals surface area contributed by atoms with Crippen LogP contribution >= 0.6 is 0 Å². The van der Waals surface area contributed by atoms with Crippen LogP contribution in [0.2, 0.25) is 0 Å². The lowest BCUT2D eigenvalue weighted by molar-refractivity contribution is 0.186. The van der Waals surface area contributed by atoms with Gasteiger partial charge in [0.05, 0.1) is 6.04 Å². The largest absolute Gasteiger partial charge is 0.322 e. The lowest BCUT2D eigenvalue weighted by atomic mass is 10.0. The van der Waals surface area contributed by atoms with Crippen LogP contribution in [0.15, 0.2) is 54.6 Å². The van der Waals surface area contributed by atoms with E-state index in [4.69, 9.17) is 0 Å². The predicted octanol–water partition coefficient (Wildman–Crippen LogP) is 3.80. The smallest absolute Gasteiger partial charge is 0.313 e. The van der Waals surface area contributed by atoms with Crippen molar-refractivity contribution in [3.63, 3.8) is 0 Å². The minimum atomic E-state index is -0.0324. The maximum absolute atomic E-state index is 12.2. The Labute approximate surface area is 112 Å². The van der Waals surface area contributed by atoms with Crippen LogP contribution in [0.25, 0.3) is 0 Å². The summed E-state index contributed by atoms with van der Waals surface area (Å²) < 4.78 is 0. The first-order valence-corrected chi connectivity index (χ1v) is 6.46. The van der Waals surface area contributed by atoms with E-state index in [0.29, 0.717) is 6.54 Å². The van der Waals surface area contributed by atoms with Gasteiger partial charge in [0.25, 0.3) is 0 Å². The molecule has 1 atom stereocenters. The molecule has 3 nitrogen and oxygen atoms in total. The van der Waals surface area contributed by atoms with Crippen LogP contribution < -0.4 is 5.32 Å². The van der Waals surface area contributed by atoms with Crippen LogP contribution in [0.1, 0.15) is 24.1 Å². The minimum Gasteiger partial charge on any atom is -0.313 e. The molecule has 0 fully saturated rings. The number of hydrogen-bond donors (Lipinski definition) is 1. The number of fused-ring (bicyclic) bond motifs is 1. The summed E-state index contributed by atoms with van der Waals surface area (Å²) in [5.41, 5.74) is 3.23. The number of nitrogens with zero attached hydrogens (tertiary/aromatic N) is 1. The highest BCUT2D eigenvalue weighted by Crippen LogP contribution is 2.33. The highest BCUT2D eigenvalue weighted by Gasteiger charge is 2.28. The number of carbonyl (C=O) groups is 1. The fourth-order valence-electron chi connectivity index (χ4n) is 2.49. The summed E-state index contributed by atoms with van der Waals surface area (Å²) in [5, 5.41) is 2.95. The zero-order valence-corrected chi connectivity index (χ0v) is 10.8. The Morgan fingerprint density at radius 2 is 1.74 bits per heavy atom. The molecule has 0 aromatic heterocycles. The normalized spacial score (nSPS) is 17.8. The summed E-state index contributed by atoms with van der Waals surface area (Å²) >= 11 is 0. The van der Waals surface area contributed by atoms with Gasteiger partial charge < -0.3 is 10.2 Å². The summed E-state index contributed by atoms with van der Waals surface area (Å²) in [4.78, 5) is 14.0. The molecule has 2 aromatic rings. The topological polar surface area (TPSA) is 32.3 Å². The summed E-state index contributed by atoms with van der Waals surface area (Å²) in [7, 11) is 0. The molecule has 1 aliphatic rings. The van der Waals surface area contributed by atoms with Crippen LogP contribution in [0.5, 0.6) is 0 Å². The third kappa shape index (κ3) is 2.19. The van der Waals surface area contributed by atoms with E-state index in [-0.39, 0.29) is 12.1 Å². The van der Waals surface area contributed by atoms with Gasteiger partial charge in [-0.1, -0.05) is 48.5 Å². The second-order valence-electron chi connectivity index (χ2n) is 4.81. The quantitative estimate of drug-likeness (QED) is 0.866. The van der Waals surface area contributed by atoms with Crippen molar-refractivity contribution in [2.45, 2.75) is 19.5 Å². The van der Waals surface area contributed by atoms with Crippen molar-refractivity contribution in [3.8, 4) is 0 Å². The molecule has 1 aliphatic heterocycles. The van der Waals surface area contributed by atoms with Gasteiger partial charge in [-0.3, -0.25) is 0 Å². The van der Waals surface area contributed by atoms with Gasteiger partial charge in [-0.2, -0.15) is 0 Å². The zero-order valence-electron chi connectivity index (χ0n) is 10.8. The Hall–Kier alpha value is -2.29. The van der Waals surface area contributed by atoms with Gasteiger partial charge in [0.1, 0.15) is 0 Å². The lowest BCUT2D eigenvalue weighted by Gasteiger charge is -2.35. The molecular formula is C16H16N2O. The monoisotopic (exact) mass is 252 g/mol. The predicted molar refractivity (Wildman–Crippen MR) is 75.9 cm³/mol. The molecule has 0 aliphatic carbocycles. The fourth-order valence-corrected chi connectivity index (χ4v) is 2.49. The molecule has 0 saturated heterocycles. The van der Waals surface area contributed by atoms with Gasteiger partial charge in [0.2, 0.25) is 0 Å². The van der Waals surface area contributed by atoms with Crippen LogP contribution in [-0.2, 0) is 6.54 Å². The van der Waals surface area contributed by atoms with Gasteiger partial charge in [-0.15, -0.1) is 0 Å². The van der Waals surface area contributed by atoms with E-state index in [1.165, 1.54) is 0 Å². The molecule has 1 N–H and O–H groups in total. The van der Waals surface area contributed by atoms with E-state index in [9.17, 15) is 4.79 Å². The molecule has 0 saturated carbocycles. The molecule has 3 rings (SSSR count). The average Bonchev–Trinajstić information content (AvgIpc) is 2.45. The van der Waals surface area contributed by atoms with Crippen molar-refractivity contribution < 1.29 is 4.79 Å². The number of urea groups is 1. The molecule has 19 heavy (non-hydrogen) atoms. The number of carbonyl (C=O) groups excluding carboxylic acids is 1. The summed E-state index contributed by atoms with van der Waals surface area (Å²) in [6.07, 6.45) is 0. The van der Waals surface area contributed by atoms with Crippen LogP contribution in [0.3, 0.4) is 0 Å². The first kappa shape index (κ1) is 11.8. The first-order valence-electron chi connectivity index (χ1n) is 6.46. The number of nitrogens with one attached hydrogen (secondary N) is 1. The highest BCUT2D eigenvalue weighted by atomic mass is 16.2. The number of hydrogen-bond acceptors (Lipinski definition) is 1. The molecule has 1 unspecified atom stereocenters. The number of anilines is 1. The third-order valence-corrected chi connectivity index (χ3v) is 3.58. The van der Waals surface area contributed by atoms with Crippen molar-refractivity contribution in [3.05, 3.63) is 65.7 Å². The van der Waals surface area contributed by atoms with Crippen LogP contribution in [-0.4, -0.2) is 10.9 Å². The second-order valence-corrected chi connectivity index (χ2v) is 4.81. The van der Waals surface area contributed by atoms with Gasteiger partial charge in [-0.05, 0) is 24.1 Å². The SMILES string of the molecule is CC1c2ccccc2NC(=O)N1Cc1ccccc1. The van der Waals surface area contributed by atoms with E-state index in [2.05, 4.69) is 18.3 Å². The van der Waals surface area contributed by atoms with Crippen molar-refractivity contribution in [1.29, 1.82) is 0 Å². The van der Waals surface area contributed by atoms with E-state index in [1.54, 1.807) is 0 Å². The van der Waals surface area contributed by atoms with Crippen molar-refractivity contribution in [2.24, 2.45) is 0 Å². The van der Waals surface area contributed by atoms with Crippen molar-refractivity contribution in [1.82, 2.24) is 4.90 Å². The standard InChI is InChI=1S/C16H16N2O/c1-12-14-9-5-6-10-15(14)17-16(19)18(12)11-13-7-3-2-4-8-13/h2-10,12H,11H2,1H3,(H,17,19). The van der Waals surface area contributed by atoms with Crippen molar-refractivity contribution >= 4 is 11.7 Å². The van der Waals surface area contributed by atoms with E-state index >= 15 is 0 Å². The molecule has 0 spiro atoms. The zero-order chi connectivity index (χ0) is 13.2. The van der Waals surface area contributed by atoms with E-state index < -0.39 is 0 Å². The molecular weight excluding hydrogens is 236 g/mol. The molecule has 3 heteroatoms. The minimum absolute atomic E-state index is 0.0324. The van der Waals surface area contributed by atoms with E-state index in [1.807, 2.05) is 53.4 Å². The molecule has 1 heterocycles. The Balaban J connectivity index is 1.89. The fraction of sp³-hybridized carbons (Fsp3) is 0.188. The molecule has 2 amide bonds. The van der Waals surface area contributed by atoms with Crippen molar-refractivity contribution in [2.75, 3.05) is 5.32 Å². The number of rotatable bonds is 2. The summed E-state index contributed by atoms with van der Waals surface area (Å²) in [6.45, 7) is 2.70. The number of amides is 2. The van der Waals surface area contributed by atoms with Crippen LogP contribution in [0, 0.1) is 0 Å². The Morgan fingerprint density at radius 3 is 2.53 bits per heavy atom. The number of para-hydroxylation sites is 1. The summed E-state index contributed by atoms with van der Waals surface area (Å²) in [6, 6.07) is 18.1. The van der Waals surface area contributed by atoms with Gasteiger partial charge in [0.15, 0.2) is 0 Å². The molecule has 96 valence electrons. The number of benzene rings is 2. The highest BCUT2D eigenvalue weighted by molar-refractivity contribution is 5.92. The molecule has 0 bridgehead atoms. The van der Waals surface area contributed by atoms with Gasteiger partial charge in [0, 0.05) is 12.2 Å². The Kier molecular flexibility index (Phi) is 2.95. The second kappa shape index (κ2) is 4.76. The molecule has 2 aromatic carbocycles. The maximum atomic E-state index is 12.2. The van der Waals surface area contributed by atoms with Gasteiger partial charge in [-0.25, -0.2) is 4.79 Å². The Morgan fingerprint density at radius 1 is 1.05 bits per heavy atom. The Bertz CT molecular complexity index is 595. The maximum Gasteiger partial charge on any atom is 0.322 e. The molecule has 0 radical (unpaired) electrons. The van der Waals surface area contributed by atoms with Crippen LogP contribution in [0.4, 0.5) is 10.5 Å².